The summed E-state index contributed by atoms with van der Waals surface area (Å²) in [6.07, 6.45) is 0. The van der Waals surface area contributed by atoms with Gasteiger partial charge in [0.15, 0.2) is 0 Å². The minimum atomic E-state index is 0.465. The molecule has 6 heteroatoms. The van der Waals surface area contributed by atoms with Gasteiger partial charge in [0.2, 0.25) is 0 Å². The zero-order valence-corrected chi connectivity index (χ0v) is 13.3. The second-order valence-electron chi connectivity index (χ2n) is 4.57. The van der Waals surface area contributed by atoms with Crippen molar-refractivity contribution in [3.8, 4) is 11.5 Å². The van der Waals surface area contributed by atoms with Crippen LogP contribution in [0.5, 0.6) is 11.5 Å². The van der Waals surface area contributed by atoms with E-state index in [1.165, 1.54) is 0 Å². The van der Waals surface area contributed by atoms with E-state index in [4.69, 9.17) is 21.1 Å². The Morgan fingerprint density at radius 1 is 1.14 bits per heavy atom. The molecule has 1 N–H and O–H groups in total. The fourth-order valence-electron chi connectivity index (χ4n) is 1.94. The molecule has 0 bridgehead atoms. The molecule has 0 saturated carbocycles. The van der Waals surface area contributed by atoms with Crippen LogP contribution in [0.4, 0.5) is 5.82 Å². The highest BCUT2D eigenvalue weighted by Crippen LogP contribution is 2.26. The minimum absolute atomic E-state index is 0.465. The molecule has 0 aliphatic carbocycles. The van der Waals surface area contributed by atoms with E-state index >= 15 is 0 Å². The number of hydrogen-bond donors (Lipinski definition) is 1. The molecule has 0 radical (unpaired) electrons. The Labute approximate surface area is 129 Å². The van der Waals surface area contributed by atoms with Crippen LogP contribution in [0.1, 0.15) is 17.0 Å². The third-order valence-corrected chi connectivity index (χ3v) is 3.51. The van der Waals surface area contributed by atoms with Gasteiger partial charge in [-0.1, -0.05) is 11.6 Å². The molecular formula is C15H18ClN3O2. The second kappa shape index (κ2) is 6.63. The zero-order chi connectivity index (χ0) is 15.4. The number of ether oxygens (including phenoxy) is 2. The maximum Gasteiger partial charge on any atom is 0.137 e. The van der Waals surface area contributed by atoms with E-state index < -0.39 is 0 Å². The molecule has 0 saturated heterocycles. The monoisotopic (exact) mass is 307 g/mol. The van der Waals surface area contributed by atoms with Crippen LogP contribution in [0.3, 0.4) is 0 Å². The Kier molecular flexibility index (Phi) is 4.85. The lowest BCUT2D eigenvalue weighted by Crippen LogP contribution is -2.07. The van der Waals surface area contributed by atoms with Crippen molar-refractivity contribution in [2.75, 3.05) is 19.5 Å². The summed E-state index contributed by atoms with van der Waals surface area (Å²) in [5.74, 6) is 2.88. The molecule has 2 rings (SSSR count). The fraction of sp³-hybridized carbons (Fsp3) is 0.333. The van der Waals surface area contributed by atoms with Gasteiger partial charge >= 0.3 is 0 Å². The van der Waals surface area contributed by atoms with Crippen LogP contribution >= 0.6 is 11.6 Å². The van der Waals surface area contributed by atoms with Crippen molar-refractivity contribution in [2.24, 2.45) is 0 Å². The van der Waals surface area contributed by atoms with Gasteiger partial charge in [0.1, 0.15) is 28.3 Å². The third-order valence-electron chi connectivity index (χ3n) is 3.14. The molecule has 1 aromatic heterocycles. The zero-order valence-electron chi connectivity index (χ0n) is 12.5. The average molecular weight is 308 g/mol. The van der Waals surface area contributed by atoms with Gasteiger partial charge in [-0.2, -0.15) is 0 Å². The SMILES string of the molecule is COc1ccc(CNc2nc(C)nc(Cl)c2C)c(OC)c1. The lowest BCUT2D eigenvalue weighted by molar-refractivity contribution is 0.391. The Bertz CT molecular complexity index is 647. The Balaban J connectivity index is 2.20. The number of benzene rings is 1. The van der Waals surface area contributed by atoms with Gasteiger partial charge in [-0.05, 0) is 26.0 Å². The molecule has 0 spiro atoms. The Hall–Kier alpha value is -2.01. The van der Waals surface area contributed by atoms with E-state index in [9.17, 15) is 0 Å². The Morgan fingerprint density at radius 2 is 1.90 bits per heavy atom. The van der Waals surface area contributed by atoms with Gasteiger partial charge in [0, 0.05) is 23.7 Å². The van der Waals surface area contributed by atoms with E-state index in [1.54, 1.807) is 14.2 Å². The predicted molar refractivity (Wildman–Crippen MR) is 83.4 cm³/mol. The Morgan fingerprint density at radius 3 is 2.57 bits per heavy atom. The van der Waals surface area contributed by atoms with Crippen molar-refractivity contribution in [1.29, 1.82) is 0 Å². The first-order chi connectivity index (χ1) is 10.0. The second-order valence-corrected chi connectivity index (χ2v) is 4.92. The quantitative estimate of drug-likeness (QED) is 0.858. The van der Waals surface area contributed by atoms with Crippen LogP contribution in [-0.4, -0.2) is 24.2 Å². The van der Waals surface area contributed by atoms with E-state index in [0.717, 1.165) is 28.4 Å². The number of nitrogens with one attached hydrogen (secondary N) is 1. The molecule has 21 heavy (non-hydrogen) atoms. The number of methoxy groups -OCH3 is 2. The summed E-state index contributed by atoms with van der Waals surface area (Å²) in [6, 6.07) is 5.70. The van der Waals surface area contributed by atoms with Gasteiger partial charge in [-0.3, -0.25) is 0 Å². The molecule has 112 valence electrons. The molecule has 0 amide bonds. The maximum absolute atomic E-state index is 6.07. The van der Waals surface area contributed by atoms with E-state index in [0.29, 0.717) is 17.5 Å². The highest BCUT2D eigenvalue weighted by Gasteiger charge is 2.09. The van der Waals surface area contributed by atoms with Crippen molar-refractivity contribution in [3.05, 3.63) is 40.3 Å². The third kappa shape index (κ3) is 3.55. The average Bonchev–Trinajstić information content (AvgIpc) is 2.49. The molecule has 0 unspecified atom stereocenters. The number of nitrogens with zero attached hydrogens (tertiary/aromatic N) is 2. The first kappa shape index (κ1) is 15.4. The topological polar surface area (TPSA) is 56.3 Å². The molecule has 0 atom stereocenters. The number of hydrogen-bond acceptors (Lipinski definition) is 5. The smallest absolute Gasteiger partial charge is 0.137 e. The van der Waals surface area contributed by atoms with Crippen LogP contribution in [-0.2, 0) is 6.54 Å². The van der Waals surface area contributed by atoms with Gasteiger partial charge in [-0.15, -0.1) is 0 Å². The summed E-state index contributed by atoms with van der Waals surface area (Å²) in [6.45, 7) is 4.26. The molecule has 1 heterocycles. The fourth-order valence-corrected chi connectivity index (χ4v) is 2.16. The summed E-state index contributed by atoms with van der Waals surface area (Å²) >= 11 is 6.07. The highest BCUT2D eigenvalue weighted by molar-refractivity contribution is 6.30. The first-order valence-corrected chi connectivity index (χ1v) is 6.88. The number of aromatic nitrogens is 2. The molecule has 2 aromatic rings. The number of aryl methyl sites for hydroxylation is 1. The van der Waals surface area contributed by atoms with Crippen molar-refractivity contribution >= 4 is 17.4 Å². The van der Waals surface area contributed by atoms with Crippen molar-refractivity contribution in [2.45, 2.75) is 20.4 Å². The van der Waals surface area contributed by atoms with E-state index in [2.05, 4.69) is 15.3 Å². The lowest BCUT2D eigenvalue weighted by Gasteiger charge is -2.13. The van der Waals surface area contributed by atoms with Gasteiger partial charge < -0.3 is 14.8 Å². The van der Waals surface area contributed by atoms with Crippen LogP contribution < -0.4 is 14.8 Å². The van der Waals surface area contributed by atoms with Gasteiger partial charge in [0.05, 0.1) is 14.2 Å². The lowest BCUT2D eigenvalue weighted by atomic mass is 10.2. The van der Waals surface area contributed by atoms with Crippen molar-refractivity contribution in [1.82, 2.24) is 9.97 Å². The van der Waals surface area contributed by atoms with E-state index in [1.807, 2.05) is 32.0 Å². The minimum Gasteiger partial charge on any atom is -0.497 e. The molecule has 0 aliphatic rings. The van der Waals surface area contributed by atoms with Gasteiger partial charge in [0.25, 0.3) is 0 Å². The van der Waals surface area contributed by atoms with E-state index in [-0.39, 0.29) is 0 Å². The first-order valence-electron chi connectivity index (χ1n) is 6.50. The van der Waals surface area contributed by atoms with Crippen molar-refractivity contribution < 1.29 is 9.47 Å². The molecule has 5 nitrogen and oxygen atoms in total. The summed E-state index contributed by atoms with van der Waals surface area (Å²) in [5, 5.41) is 3.73. The highest BCUT2D eigenvalue weighted by atomic mass is 35.5. The maximum atomic E-state index is 6.07. The van der Waals surface area contributed by atoms with Crippen LogP contribution in [0.25, 0.3) is 0 Å². The normalized spacial score (nSPS) is 10.3. The standard InChI is InChI=1S/C15H18ClN3O2/c1-9-14(16)18-10(2)19-15(9)17-8-11-5-6-12(20-3)7-13(11)21-4/h5-7H,8H2,1-4H3,(H,17,18,19). The number of halogens is 1. The summed E-state index contributed by atoms with van der Waals surface area (Å²) in [5.41, 5.74) is 1.83. The van der Waals surface area contributed by atoms with Crippen LogP contribution in [0.2, 0.25) is 5.15 Å². The molecule has 1 aromatic carbocycles. The van der Waals surface area contributed by atoms with Crippen molar-refractivity contribution in [3.63, 3.8) is 0 Å². The molecule has 0 fully saturated rings. The number of rotatable bonds is 5. The van der Waals surface area contributed by atoms with Crippen LogP contribution in [0, 0.1) is 13.8 Å². The van der Waals surface area contributed by atoms with Gasteiger partial charge in [-0.25, -0.2) is 9.97 Å². The van der Waals surface area contributed by atoms with Crippen LogP contribution in [0.15, 0.2) is 18.2 Å². The summed E-state index contributed by atoms with van der Waals surface area (Å²) < 4.78 is 10.6. The largest absolute Gasteiger partial charge is 0.497 e. The molecule has 0 aliphatic heterocycles. The number of anilines is 1. The predicted octanol–water partition coefficient (Wildman–Crippen LogP) is 3.38. The summed E-state index contributed by atoms with van der Waals surface area (Å²) in [7, 11) is 3.26. The summed E-state index contributed by atoms with van der Waals surface area (Å²) in [4.78, 5) is 8.48. The molecular weight excluding hydrogens is 290 g/mol.